The van der Waals surface area contributed by atoms with Gasteiger partial charge in [0.25, 0.3) is 0 Å². The van der Waals surface area contributed by atoms with Crippen molar-refractivity contribution in [3.63, 3.8) is 0 Å². The second-order valence-corrected chi connectivity index (χ2v) is 17.4. The molecule has 0 amide bonds. The maximum Gasteiger partial charge on any atom is 0.321 e. The van der Waals surface area contributed by atoms with E-state index in [-0.39, 0.29) is 5.92 Å². The smallest absolute Gasteiger partial charge is 0.321 e. The number of fused-ring (bicyclic) bond motifs is 5. The van der Waals surface area contributed by atoms with Crippen LogP contribution in [0.15, 0.2) is 0 Å². The lowest BCUT2D eigenvalue weighted by Gasteiger charge is -2.61. The number of Topliss-reactive ketones (excluding diaryl/α,β-unsaturated/α-hetero) is 1. The number of rotatable bonds is 19. The molecular weight excluding hydrogens is 580 g/mol. The van der Waals surface area contributed by atoms with E-state index in [1.807, 2.05) is 6.92 Å². The number of hydrogen-bond acceptors (Lipinski definition) is 7. The number of carboxylic acids is 1. The van der Waals surface area contributed by atoms with Crippen molar-refractivity contribution in [1.29, 1.82) is 0 Å². The molecule has 0 aromatic rings. The van der Waals surface area contributed by atoms with Gasteiger partial charge in [-0.15, -0.1) is 0 Å². The highest BCUT2D eigenvalue weighted by molar-refractivity contribution is 7.99. The summed E-state index contributed by atoms with van der Waals surface area (Å²) >= 11 is 1.49. The summed E-state index contributed by atoms with van der Waals surface area (Å²) in [6.07, 6.45) is 17.7. The van der Waals surface area contributed by atoms with Crippen LogP contribution in [-0.2, 0) is 9.59 Å². The number of unbranched alkanes of at least 4 members (excludes halogenated alkanes) is 1. The van der Waals surface area contributed by atoms with Gasteiger partial charge in [0.15, 0.2) is 0 Å². The second-order valence-electron chi connectivity index (χ2n) is 16.3. The summed E-state index contributed by atoms with van der Waals surface area (Å²) in [5.74, 6) is 5.18. The number of carbonyl (C=O) groups is 2. The predicted molar refractivity (Wildman–Crippen MR) is 188 cm³/mol. The number of ketones is 1. The van der Waals surface area contributed by atoms with Crippen molar-refractivity contribution in [3.8, 4) is 0 Å². The molecule has 45 heavy (non-hydrogen) atoms. The highest BCUT2D eigenvalue weighted by Gasteiger charge is 2.60. The topological polar surface area (TPSA) is 130 Å². The molecule has 0 spiro atoms. The number of hydrogen-bond donors (Lipinski definition) is 5. The van der Waals surface area contributed by atoms with Gasteiger partial charge in [0.2, 0.25) is 0 Å². The number of aliphatic carboxylic acids is 1. The summed E-state index contributed by atoms with van der Waals surface area (Å²) < 4.78 is 0. The van der Waals surface area contributed by atoms with Crippen LogP contribution in [-0.4, -0.2) is 66.6 Å². The molecule has 11 atom stereocenters. The largest absolute Gasteiger partial charge is 0.480 e. The van der Waals surface area contributed by atoms with E-state index in [1.54, 1.807) is 0 Å². The molecule has 4 saturated carbocycles. The van der Waals surface area contributed by atoms with Crippen molar-refractivity contribution in [2.45, 2.75) is 130 Å². The first-order valence-corrected chi connectivity index (χ1v) is 19.9. The van der Waals surface area contributed by atoms with Gasteiger partial charge in [-0.2, -0.15) is 11.8 Å². The molecule has 8 heteroatoms. The first-order chi connectivity index (χ1) is 21.5. The Morgan fingerprint density at radius 2 is 1.64 bits per heavy atom. The van der Waals surface area contributed by atoms with Crippen LogP contribution in [0.5, 0.6) is 0 Å². The Morgan fingerprint density at radius 3 is 2.40 bits per heavy atom. The molecule has 0 heterocycles. The van der Waals surface area contributed by atoms with E-state index in [1.165, 1.54) is 82.4 Å². The molecule has 7 unspecified atom stereocenters. The lowest BCUT2D eigenvalue weighted by Crippen LogP contribution is -2.55. The van der Waals surface area contributed by atoms with Crippen LogP contribution in [0.25, 0.3) is 0 Å². The van der Waals surface area contributed by atoms with Gasteiger partial charge in [0.1, 0.15) is 11.8 Å². The standard InChI is InChI=1S/C37H68N4O3S/c1-25(8-13-34(42)26(2)23-45-24-33(39)35(43)44)30-11-12-31-29-10-9-27-22-28(41-21-7-20-40-19-6-5-18-38)14-16-36(27,3)32(29)15-17-37(30,31)4/h25-33,40-41H,5-24,38-39H2,1-4H3,(H,43,44)/t25?,26?,27?,28-,29?,30+,31?,32?,33?,36-,37+/m0/s1. The molecule has 4 aliphatic carbocycles. The summed E-state index contributed by atoms with van der Waals surface area (Å²) in [5.41, 5.74) is 12.2. The molecular formula is C37H68N4O3S. The quantitative estimate of drug-likeness (QED) is 0.106. The molecule has 7 N–H and O–H groups in total. The third-order valence-electron chi connectivity index (χ3n) is 13.6. The van der Waals surface area contributed by atoms with Gasteiger partial charge in [0, 0.05) is 29.9 Å². The summed E-state index contributed by atoms with van der Waals surface area (Å²) in [5, 5.41) is 16.5. The molecule has 0 saturated heterocycles. The Kier molecular flexibility index (Phi) is 14.1. The highest BCUT2D eigenvalue weighted by atomic mass is 32.2. The highest BCUT2D eigenvalue weighted by Crippen LogP contribution is 2.68. The van der Waals surface area contributed by atoms with Gasteiger partial charge in [0.05, 0.1) is 0 Å². The van der Waals surface area contributed by atoms with Crippen LogP contribution in [0.4, 0.5) is 0 Å². The zero-order valence-electron chi connectivity index (χ0n) is 29.2. The number of nitrogens with two attached hydrogens (primary N) is 2. The fourth-order valence-corrected chi connectivity index (χ4v) is 11.9. The molecule has 0 aromatic carbocycles. The van der Waals surface area contributed by atoms with Gasteiger partial charge >= 0.3 is 5.97 Å². The summed E-state index contributed by atoms with van der Waals surface area (Å²) in [7, 11) is 0. The fraction of sp³-hybridized carbons (Fsp3) is 0.946. The zero-order valence-corrected chi connectivity index (χ0v) is 30.0. The molecule has 0 aromatic heterocycles. The Labute approximate surface area is 279 Å². The molecule has 0 radical (unpaired) electrons. The third kappa shape index (κ3) is 9.07. The van der Waals surface area contributed by atoms with E-state index in [0.29, 0.717) is 46.5 Å². The average Bonchev–Trinajstić information content (AvgIpc) is 3.38. The lowest BCUT2D eigenvalue weighted by molar-refractivity contribution is -0.137. The minimum Gasteiger partial charge on any atom is -0.480 e. The number of nitrogens with one attached hydrogen (secondary N) is 2. The molecule has 4 aliphatic rings. The molecule has 4 fully saturated rings. The molecule has 260 valence electrons. The monoisotopic (exact) mass is 649 g/mol. The van der Waals surface area contributed by atoms with Gasteiger partial charge in [-0.05, 0) is 156 Å². The minimum absolute atomic E-state index is 0.0413. The maximum absolute atomic E-state index is 13.0. The lowest BCUT2D eigenvalue weighted by atomic mass is 9.44. The fourth-order valence-electron chi connectivity index (χ4n) is 10.8. The van der Waals surface area contributed by atoms with Crippen LogP contribution in [0.1, 0.15) is 118 Å². The van der Waals surface area contributed by atoms with Gasteiger partial charge in [-0.1, -0.05) is 27.7 Å². The Bertz CT molecular complexity index is 953. The van der Waals surface area contributed by atoms with Crippen molar-refractivity contribution in [3.05, 3.63) is 0 Å². The van der Waals surface area contributed by atoms with E-state index in [4.69, 9.17) is 16.6 Å². The van der Waals surface area contributed by atoms with E-state index >= 15 is 0 Å². The zero-order chi connectivity index (χ0) is 32.6. The molecule has 4 rings (SSSR count). The number of thioether (sulfide) groups is 1. The number of carboxylic acid groups (broad SMARTS) is 1. The van der Waals surface area contributed by atoms with Crippen molar-refractivity contribution in [1.82, 2.24) is 10.6 Å². The van der Waals surface area contributed by atoms with Crippen molar-refractivity contribution < 1.29 is 14.7 Å². The summed E-state index contributed by atoms with van der Waals surface area (Å²) in [6.45, 7) is 13.9. The van der Waals surface area contributed by atoms with E-state index < -0.39 is 12.0 Å². The summed E-state index contributed by atoms with van der Waals surface area (Å²) in [4.78, 5) is 23.9. The van der Waals surface area contributed by atoms with Gasteiger partial charge in [-0.3, -0.25) is 9.59 Å². The first kappa shape index (κ1) is 37.2. The normalized spacial score (nSPS) is 36.4. The average molecular weight is 649 g/mol. The van der Waals surface area contributed by atoms with Crippen LogP contribution in [0, 0.1) is 52.3 Å². The van der Waals surface area contributed by atoms with Crippen molar-refractivity contribution in [2.24, 2.45) is 63.7 Å². The predicted octanol–water partition coefficient (Wildman–Crippen LogP) is 6.09. The molecule has 7 nitrogen and oxygen atoms in total. The van der Waals surface area contributed by atoms with Gasteiger partial charge in [-0.25, -0.2) is 0 Å². The van der Waals surface area contributed by atoms with Crippen LogP contribution >= 0.6 is 11.8 Å². The van der Waals surface area contributed by atoms with E-state index in [2.05, 4.69) is 31.4 Å². The maximum atomic E-state index is 13.0. The third-order valence-corrected chi connectivity index (χ3v) is 14.9. The van der Waals surface area contributed by atoms with Gasteiger partial charge < -0.3 is 27.2 Å². The Balaban J connectivity index is 1.22. The van der Waals surface area contributed by atoms with E-state index in [0.717, 1.165) is 68.6 Å². The molecule has 0 aliphatic heterocycles. The minimum atomic E-state index is -0.973. The van der Waals surface area contributed by atoms with E-state index in [9.17, 15) is 9.59 Å². The van der Waals surface area contributed by atoms with Crippen molar-refractivity contribution >= 4 is 23.5 Å². The van der Waals surface area contributed by atoms with Crippen LogP contribution in [0.3, 0.4) is 0 Å². The second kappa shape index (κ2) is 17.1. The van der Waals surface area contributed by atoms with Crippen molar-refractivity contribution in [2.75, 3.05) is 37.7 Å². The SMILES string of the molecule is CC(CSCC(N)C(=O)O)C(=O)CCC(C)[C@H]1CCC2C3CCC4C[C@@H](NCCCNCCCCN)CC[C@]4(C)C3CC[C@@]21C. The van der Waals surface area contributed by atoms with Crippen LogP contribution < -0.4 is 22.1 Å². The first-order valence-electron chi connectivity index (χ1n) is 18.7. The Morgan fingerprint density at radius 1 is 0.911 bits per heavy atom. The molecule has 0 bridgehead atoms. The van der Waals surface area contributed by atoms with Crippen LogP contribution in [0.2, 0.25) is 0 Å². The Hall–Kier alpha value is -0.670. The number of carbonyl (C=O) groups excluding carboxylic acids is 1. The summed E-state index contributed by atoms with van der Waals surface area (Å²) in [6, 6.07) is -0.151.